The van der Waals surface area contributed by atoms with Crippen LogP contribution in [0.4, 0.5) is 0 Å². The third-order valence-electron chi connectivity index (χ3n) is 4.57. The van der Waals surface area contributed by atoms with Crippen LogP contribution >= 0.6 is 24.0 Å². The molecule has 10 heteroatoms. The predicted octanol–water partition coefficient (Wildman–Crippen LogP) is 0.412. The minimum Gasteiger partial charge on any atom is -0.354 e. The lowest BCUT2D eigenvalue weighted by Crippen LogP contribution is -2.48. The van der Waals surface area contributed by atoms with Crippen molar-refractivity contribution in [2.75, 3.05) is 27.7 Å². The molecule has 0 saturated carbocycles. The number of guanidine groups is 1. The zero-order valence-corrected chi connectivity index (χ0v) is 18.1. The Morgan fingerprint density at radius 3 is 2.88 bits per heavy atom. The van der Waals surface area contributed by atoms with Gasteiger partial charge in [-0.25, -0.2) is 9.67 Å². The van der Waals surface area contributed by atoms with Gasteiger partial charge in [-0.05, 0) is 20.5 Å². The number of hydrogen-bond donors (Lipinski definition) is 2. The molecule has 2 unspecified atom stereocenters. The highest BCUT2D eigenvalue weighted by Gasteiger charge is 2.21. The fourth-order valence-corrected chi connectivity index (χ4v) is 3.15. The number of nitrogens with one attached hydrogen (secondary N) is 2. The lowest BCUT2D eigenvalue weighted by Gasteiger charge is -2.28. The second-order valence-corrected chi connectivity index (χ2v) is 6.62. The molecule has 2 aromatic rings. The Morgan fingerprint density at radius 2 is 2.23 bits per heavy atom. The van der Waals surface area contributed by atoms with Gasteiger partial charge in [0.25, 0.3) is 0 Å². The number of fused-ring (bicyclic) bond motifs is 1. The van der Waals surface area contributed by atoms with Crippen LogP contribution in [-0.4, -0.2) is 69.1 Å². The van der Waals surface area contributed by atoms with Crippen LogP contribution < -0.4 is 10.6 Å². The van der Waals surface area contributed by atoms with Crippen LogP contribution in [0.5, 0.6) is 0 Å². The molecule has 0 aromatic carbocycles. The van der Waals surface area contributed by atoms with E-state index in [2.05, 4.69) is 56.0 Å². The Balaban J connectivity index is 0.00000243. The summed E-state index contributed by atoms with van der Waals surface area (Å²) in [4.78, 5) is 10.8. The SMILES string of the molecule is CN=C(NCC(c1cnn(C)c1)N(C)C)NC1CCc2ncnn2C1.I. The van der Waals surface area contributed by atoms with E-state index in [0.29, 0.717) is 6.04 Å². The van der Waals surface area contributed by atoms with Crippen molar-refractivity contribution in [3.63, 3.8) is 0 Å². The van der Waals surface area contributed by atoms with Crippen molar-refractivity contribution in [3.05, 3.63) is 30.1 Å². The Labute approximate surface area is 171 Å². The van der Waals surface area contributed by atoms with Gasteiger partial charge < -0.3 is 15.5 Å². The zero-order chi connectivity index (χ0) is 17.8. The molecular weight excluding hydrogens is 445 g/mol. The standard InChI is InChI=1S/C16H27N9.HI/c1-17-16(22-13-5-6-15-19-11-21-25(15)10-13)18-8-14(23(2)3)12-7-20-24(4)9-12;/h7,9,11,13-14H,5-6,8,10H2,1-4H3,(H2,17,18,22);1H. The summed E-state index contributed by atoms with van der Waals surface area (Å²) in [5.41, 5.74) is 1.18. The molecule has 2 N–H and O–H groups in total. The van der Waals surface area contributed by atoms with Crippen molar-refractivity contribution in [1.82, 2.24) is 40.1 Å². The fraction of sp³-hybridized carbons (Fsp3) is 0.625. The van der Waals surface area contributed by atoms with Gasteiger partial charge in [0.2, 0.25) is 0 Å². The van der Waals surface area contributed by atoms with Crippen LogP contribution in [0.3, 0.4) is 0 Å². The molecule has 0 saturated heterocycles. The van der Waals surface area contributed by atoms with E-state index in [1.165, 1.54) is 5.56 Å². The lowest BCUT2D eigenvalue weighted by molar-refractivity contribution is 0.297. The Kier molecular flexibility index (Phi) is 7.38. The van der Waals surface area contributed by atoms with Crippen LogP contribution in [0.2, 0.25) is 0 Å². The summed E-state index contributed by atoms with van der Waals surface area (Å²) in [5.74, 6) is 1.87. The number of hydrogen-bond acceptors (Lipinski definition) is 5. The summed E-state index contributed by atoms with van der Waals surface area (Å²) in [6.45, 7) is 1.56. The Hall–Kier alpha value is -1.69. The first kappa shape index (κ1) is 20.6. The third kappa shape index (κ3) is 4.93. The number of aromatic nitrogens is 5. The maximum absolute atomic E-state index is 4.37. The third-order valence-corrected chi connectivity index (χ3v) is 4.57. The smallest absolute Gasteiger partial charge is 0.191 e. The van der Waals surface area contributed by atoms with Crippen LogP contribution in [0, 0.1) is 0 Å². The van der Waals surface area contributed by atoms with Gasteiger partial charge in [0.15, 0.2) is 5.96 Å². The summed E-state index contributed by atoms with van der Waals surface area (Å²) in [5, 5.41) is 15.5. The van der Waals surface area contributed by atoms with Gasteiger partial charge in [0.1, 0.15) is 12.2 Å². The highest BCUT2D eigenvalue weighted by Crippen LogP contribution is 2.16. The zero-order valence-electron chi connectivity index (χ0n) is 15.8. The number of likely N-dealkylation sites (N-methyl/N-ethyl adjacent to an activating group) is 1. The van der Waals surface area contributed by atoms with E-state index in [1.54, 1.807) is 13.4 Å². The minimum absolute atomic E-state index is 0. The van der Waals surface area contributed by atoms with E-state index in [4.69, 9.17) is 0 Å². The van der Waals surface area contributed by atoms with Crippen molar-refractivity contribution in [3.8, 4) is 0 Å². The minimum atomic E-state index is 0. The van der Waals surface area contributed by atoms with E-state index in [0.717, 1.165) is 37.7 Å². The van der Waals surface area contributed by atoms with Crippen LogP contribution in [0.25, 0.3) is 0 Å². The summed E-state index contributed by atoms with van der Waals surface area (Å²) >= 11 is 0. The predicted molar refractivity (Wildman–Crippen MR) is 112 cm³/mol. The summed E-state index contributed by atoms with van der Waals surface area (Å²) in [6, 6.07) is 0.525. The average molecular weight is 473 g/mol. The van der Waals surface area contributed by atoms with Gasteiger partial charge in [-0.3, -0.25) is 9.67 Å². The molecule has 0 amide bonds. The van der Waals surface area contributed by atoms with Gasteiger partial charge in [0.05, 0.1) is 18.8 Å². The number of aryl methyl sites for hydroxylation is 2. The monoisotopic (exact) mass is 473 g/mol. The lowest BCUT2D eigenvalue weighted by atomic mass is 10.1. The average Bonchev–Trinajstić information content (AvgIpc) is 3.22. The van der Waals surface area contributed by atoms with Gasteiger partial charge >= 0.3 is 0 Å². The summed E-state index contributed by atoms with van der Waals surface area (Å²) < 4.78 is 3.79. The molecule has 0 aliphatic carbocycles. The van der Waals surface area contributed by atoms with Gasteiger partial charge in [-0.15, -0.1) is 24.0 Å². The van der Waals surface area contributed by atoms with E-state index < -0.39 is 0 Å². The van der Waals surface area contributed by atoms with Crippen molar-refractivity contribution in [2.24, 2.45) is 12.0 Å². The van der Waals surface area contributed by atoms with Crippen molar-refractivity contribution in [1.29, 1.82) is 0 Å². The summed E-state index contributed by atoms with van der Waals surface area (Å²) in [6.07, 6.45) is 7.55. The number of halogens is 1. The molecule has 0 radical (unpaired) electrons. The Morgan fingerprint density at radius 1 is 1.42 bits per heavy atom. The quantitative estimate of drug-likeness (QED) is 0.372. The largest absolute Gasteiger partial charge is 0.354 e. The fourth-order valence-electron chi connectivity index (χ4n) is 3.15. The molecule has 2 aromatic heterocycles. The second-order valence-electron chi connectivity index (χ2n) is 6.62. The maximum atomic E-state index is 4.37. The summed E-state index contributed by atoms with van der Waals surface area (Å²) in [7, 11) is 7.88. The molecular formula is C16H28IN9. The molecule has 1 aliphatic rings. The maximum Gasteiger partial charge on any atom is 0.191 e. The van der Waals surface area contributed by atoms with Gasteiger partial charge in [-0.1, -0.05) is 0 Å². The van der Waals surface area contributed by atoms with Gasteiger partial charge in [-0.2, -0.15) is 10.2 Å². The van der Waals surface area contributed by atoms with Crippen molar-refractivity contribution >= 4 is 29.9 Å². The first-order valence-corrected chi connectivity index (χ1v) is 8.55. The number of nitrogens with zero attached hydrogens (tertiary/aromatic N) is 7. The van der Waals surface area contributed by atoms with Crippen molar-refractivity contribution in [2.45, 2.75) is 31.5 Å². The van der Waals surface area contributed by atoms with Crippen molar-refractivity contribution < 1.29 is 0 Å². The van der Waals surface area contributed by atoms with E-state index in [1.807, 2.05) is 22.6 Å². The molecule has 3 heterocycles. The molecule has 0 bridgehead atoms. The van der Waals surface area contributed by atoms with E-state index in [9.17, 15) is 0 Å². The molecule has 9 nitrogen and oxygen atoms in total. The van der Waals surface area contributed by atoms with Crippen LogP contribution in [0.1, 0.15) is 23.9 Å². The van der Waals surface area contributed by atoms with Gasteiger partial charge in [0, 0.05) is 44.9 Å². The van der Waals surface area contributed by atoms with E-state index in [-0.39, 0.29) is 30.0 Å². The Bertz CT molecular complexity index is 721. The molecule has 0 spiro atoms. The molecule has 144 valence electrons. The molecule has 0 fully saturated rings. The molecule has 1 aliphatic heterocycles. The topological polar surface area (TPSA) is 88.2 Å². The first-order valence-electron chi connectivity index (χ1n) is 8.55. The highest BCUT2D eigenvalue weighted by atomic mass is 127. The first-order chi connectivity index (χ1) is 12.1. The highest BCUT2D eigenvalue weighted by molar-refractivity contribution is 14.0. The van der Waals surface area contributed by atoms with Crippen LogP contribution in [-0.2, 0) is 20.0 Å². The number of aliphatic imine (C=N–C) groups is 1. The van der Waals surface area contributed by atoms with E-state index >= 15 is 0 Å². The molecule has 26 heavy (non-hydrogen) atoms. The molecule has 2 atom stereocenters. The molecule has 3 rings (SSSR count). The normalized spacial score (nSPS) is 18.2. The second kappa shape index (κ2) is 9.31. The van der Waals surface area contributed by atoms with Crippen LogP contribution in [0.15, 0.2) is 23.7 Å². The number of rotatable bonds is 5.